The lowest BCUT2D eigenvalue weighted by Crippen LogP contribution is -2.21. The molecule has 0 fully saturated rings. The van der Waals surface area contributed by atoms with E-state index < -0.39 is 11.7 Å². The highest BCUT2D eigenvalue weighted by atomic mass is 19.1. The van der Waals surface area contributed by atoms with Crippen molar-refractivity contribution in [1.29, 1.82) is 0 Å². The lowest BCUT2D eigenvalue weighted by atomic mass is 10.1. The number of hydrogen-bond acceptors (Lipinski definition) is 3. The number of carbonyl (C=O) groups is 2. The zero-order valence-corrected chi connectivity index (χ0v) is 13.6. The number of amides is 2. The van der Waals surface area contributed by atoms with Crippen molar-refractivity contribution in [2.24, 2.45) is 5.10 Å². The molecule has 0 atom stereocenters. The van der Waals surface area contributed by atoms with Crippen LogP contribution in [0.1, 0.15) is 25.3 Å². The van der Waals surface area contributed by atoms with Gasteiger partial charge in [-0.05, 0) is 48.9 Å². The summed E-state index contributed by atoms with van der Waals surface area (Å²) < 4.78 is 25.6. The molecule has 2 N–H and O–H groups in total. The number of anilines is 1. The lowest BCUT2D eigenvalue weighted by Gasteiger charge is -2.05. The number of carbonyl (C=O) groups excluding carboxylic acids is 2. The topological polar surface area (TPSA) is 70.6 Å². The maximum atomic E-state index is 12.9. The highest BCUT2D eigenvalue weighted by Crippen LogP contribution is 2.09. The van der Waals surface area contributed by atoms with Crippen LogP contribution in [0.25, 0.3) is 0 Å². The van der Waals surface area contributed by atoms with Crippen LogP contribution in [0.5, 0.6) is 0 Å². The standard InChI is InChI=1S/C18H17F2N3O2/c1-12(13-2-4-14(19)5-3-13)22-23-18(25)11-10-17(24)21-16-8-6-15(20)7-9-16/h2-9H,10-11H2,1H3,(H,21,24)(H,23,25)/b22-12-. The predicted octanol–water partition coefficient (Wildman–Crippen LogP) is 3.22. The van der Waals surface area contributed by atoms with Gasteiger partial charge in [-0.2, -0.15) is 5.10 Å². The molecule has 25 heavy (non-hydrogen) atoms. The molecule has 0 heterocycles. The van der Waals surface area contributed by atoms with Crippen molar-refractivity contribution in [2.75, 3.05) is 5.32 Å². The van der Waals surface area contributed by atoms with E-state index in [1.54, 1.807) is 19.1 Å². The first-order chi connectivity index (χ1) is 11.9. The molecule has 0 aliphatic carbocycles. The molecule has 0 bridgehead atoms. The van der Waals surface area contributed by atoms with Gasteiger partial charge >= 0.3 is 0 Å². The summed E-state index contributed by atoms with van der Waals surface area (Å²) >= 11 is 0. The molecule has 0 aliphatic heterocycles. The molecule has 2 aromatic rings. The average Bonchev–Trinajstić information content (AvgIpc) is 2.60. The van der Waals surface area contributed by atoms with E-state index in [0.29, 0.717) is 17.0 Å². The summed E-state index contributed by atoms with van der Waals surface area (Å²) in [6, 6.07) is 11.0. The van der Waals surface area contributed by atoms with E-state index in [-0.39, 0.29) is 24.6 Å². The molecule has 0 spiro atoms. The van der Waals surface area contributed by atoms with E-state index in [9.17, 15) is 18.4 Å². The monoisotopic (exact) mass is 345 g/mol. The molecule has 7 heteroatoms. The highest BCUT2D eigenvalue weighted by molar-refractivity contribution is 5.99. The van der Waals surface area contributed by atoms with E-state index in [4.69, 9.17) is 0 Å². The largest absolute Gasteiger partial charge is 0.326 e. The Labute approximate surface area is 143 Å². The minimum absolute atomic E-state index is 0.0334. The van der Waals surface area contributed by atoms with Crippen molar-refractivity contribution in [1.82, 2.24) is 5.43 Å². The second kappa shape index (κ2) is 8.68. The van der Waals surface area contributed by atoms with E-state index in [1.807, 2.05) is 0 Å². The van der Waals surface area contributed by atoms with Crippen molar-refractivity contribution in [3.63, 3.8) is 0 Å². The molecule has 0 aromatic heterocycles. The van der Waals surface area contributed by atoms with Crippen molar-refractivity contribution in [3.05, 3.63) is 65.7 Å². The van der Waals surface area contributed by atoms with Gasteiger partial charge in [-0.25, -0.2) is 14.2 Å². The number of nitrogens with one attached hydrogen (secondary N) is 2. The van der Waals surface area contributed by atoms with E-state index in [2.05, 4.69) is 15.8 Å². The van der Waals surface area contributed by atoms with Crippen LogP contribution < -0.4 is 10.7 Å². The summed E-state index contributed by atoms with van der Waals surface area (Å²) in [5, 5.41) is 6.48. The lowest BCUT2D eigenvalue weighted by molar-refractivity contribution is -0.124. The SMILES string of the molecule is C/C(=N/NC(=O)CCC(=O)Nc1ccc(F)cc1)c1ccc(F)cc1. The summed E-state index contributed by atoms with van der Waals surface area (Å²) in [5.41, 5.74) is 4.00. The van der Waals surface area contributed by atoms with Crippen LogP contribution in [0.2, 0.25) is 0 Å². The van der Waals surface area contributed by atoms with Gasteiger partial charge in [0.15, 0.2) is 0 Å². The van der Waals surface area contributed by atoms with Crippen molar-refractivity contribution in [3.8, 4) is 0 Å². The normalized spacial score (nSPS) is 11.1. The maximum absolute atomic E-state index is 12.9. The van der Waals surface area contributed by atoms with Crippen LogP contribution >= 0.6 is 0 Å². The first kappa shape index (κ1) is 18.3. The van der Waals surface area contributed by atoms with Gasteiger partial charge in [-0.3, -0.25) is 9.59 Å². The molecule has 0 aliphatic rings. The Morgan fingerprint density at radius 2 is 1.40 bits per heavy atom. The third kappa shape index (κ3) is 6.14. The van der Waals surface area contributed by atoms with Crippen molar-refractivity contribution in [2.45, 2.75) is 19.8 Å². The van der Waals surface area contributed by atoms with Gasteiger partial charge in [0.05, 0.1) is 5.71 Å². The van der Waals surface area contributed by atoms with Crippen LogP contribution in [-0.2, 0) is 9.59 Å². The molecule has 0 saturated carbocycles. The number of halogens is 2. The summed E-state index contributed by atoms with van der Waals surface area (Å²) in [7, 11) is 0. The van der Waals surface area contributed by atoms with Crippen molar-refractivity contribution < 1.29 is 18.4 Å². The zero-order chi connectivity index (χ0) is 18.2. The average molecular weight is 345 g/mol. The van der Waals surface area contributed by atoms with Gasteiger partial charge in [0, 0.05) is 18.5 Å². The molecule has 5 nitrogen and oxygen atoms in total. The van der Waals surface area contributed by atoms with Crippen LogP contribution in [0.3, 0.4) is 0 Å². The van der Waals surface area contributed by atoms with Gasteiger partial charge in [0.25, 0.3) is 0 Å². The molecular formula is C18H17F2N3O2. The molecule has 2 amide bonds. The Morgan fingerprint density at radius 3 is 2.00 bits per heavy atom. The van der Waals surface area contributed by atoms with Crippen LogP contribution in [-0.4, -0.2) is 17.5 Å². The fourth-order valence-corrected chi connectivity index (χ4v) is 1.94. The quantitative estimate of drug-likeness (QED) is 0.623. The van der Waals surface area contributed by atoms with Gasteiger partial charge < -0.3 is 5.32 Å². The van der Waals surface area contributed by atoms with Crippen LogP contribution in [0, 0.1) is 11.6 Å². The van der Waals surface area contributed by atoms with Gasteiger partial charge in [-0.1, -0.05) is 12.1 Å². The number of rotatable bonds is 6. The molecule has 0 unspecified atom stereocenters. The third-order valence-corrected chi connectivity index (χ3v) is 3.32. The summed E-state index contributed by atoms with van der Waals surface area (Å²) in [6.45, 7) is 1.68. The Bertz CT molecular complexity index is 772. The van der Waals surface area contributed by atoms with E-state index in [1.165, 1.54) is 36.4 Å². The van der Waals surface area contributed by atoms with E-state index in [0.717, 1.165) is 0 Å². The Balaban J connectivity index is 1.77. The molecule has 2 aromatic carbocycles. The smallest absolute Gasteiger partial charge is 0.240 e. The predicted molar refractivity (Wildman–Crippen MR) is 91.0 cm³/mol. The van der Waals surface area contributed by atoms with Gasteiger partial charge in [0.1, 0.15) is 11.6 Å². The molecular weight excluding hydrogens is 328 g/mol. The molecule has 0 radical (unpaired) electrons. The molecule has 130 valence electrons. The highest BCUT2D eigenvalue weighted by Gasteiger charge is 2.07. The Hall–Kier alpha value is -3.09. The number of hydrazone groups is 1. The first-order valence-electron chi connectivity index (χ1n) is 7.58. The number of benzene rings is 2. The third-order valence-electron chi connectivity index (χ3n) is 3.32. The first-order valence-corrected chi connectivity index (χ1v) is 7.58. The van der Waals surface area contributed by atoms with Crippen LogP contribution in [0.15, 0.2) is 53.6 Å². The van der Waals surface area contributed by atoms with E-state index >= 15 is 0 Å². The molecule has 0 saturated heterocycles. The maximum Gasteiger partial charge on any atom is 0.240 e. The second-order valence-corrected chi connectivity index (χ2v) is 5.29. The van der Waals surface area contributed by atoms with Gasteiger partial charge in [-0.15, -0.1) is 0 Å². The minimum Gasteiger partial charge on any atom is -0.326 e. The number of nitrogens with zero attached hydrogens (tertiary/aromatic N) is 1. The molecule has 2 rings (SSSR count). The summed E-state index contributed by atoms with van der Waals surface area (Å²) in [6.07, 6.45) is -0.0818. The zero-order valence-electron chi connectivity index (χ0n) is 13.6. The van der Waals surface area contributed by atoms with Crippen molar-refractivity contribution >= 4 is 23.2 Å². The fourth-order valence-electron chi connectivity index (χ4n) is 1.94. The minimum atomic E-state index is -0.421. The second-order valence-electron chi connectivity index (χ2n) is 5.29. The number of hydrogen-bond donors (Lipinski definition) is 2. The van der Waals surface area contributed by atoms with Crippen LogP contribution in [0.4, 0.5) is 14.5 Å². The Morgan fingerprint density at radius 1 is 0.880 bits per heavy atom. The Kier molecular flexibility index (Phi) is 6.33. The van der Waals surface area contributed by atoms with Gasteiger partial charge in [0.2, 0.25) is 11.8 Å². The fraction of sp³-hybridized carbons (Fsp3) is 0.167. The summed E-state index contributed by atoms with van der Waals surface area (Å²) in [5.74, 6) is -1.53. The summed E-state index contributed by atoms with van der Waals surface area (Å²) in [4.78, 5) is 23.5.